The van der Waals surface area contributed by atoms with Gasteiger partial charge in [0.15, 0.2) is 5.72 Å². The summed E-state index contributed by atoms with van der Waals surface area (Å²) in [4.78, 5) is 21.3. The summed E-state index contributed by atoms with van der Waals surface area (Å²) in [6.07, 6.45) is -0.753. The zero-order valence-corrected chi connectivity index (χ0v) is 6.01. The van der Waals surface area contributed by atoms with Gasteiger partial charge in [-0.2, -0.15) is 0 Å². The van der Waals surface area contributed by atoms with E-state index in [1.165, 1.54) is 6.92 Å². The first kappa shape index (κ1) is 7.96. The molecule has 11 heavy (non-hydrogen) atoms. The second-order valence-electron chi connectivity index (χ2n) is 2.49. The van der Waals surface area contributed by atoms with Crippen molar-refractivity contribution in [2.75, 3.05) is 0 Å². The van der Waals surface area contributed by atoms with Crippen LogP contribution >= 0.6 is 0 Å². The zero-order valence-electron chi connectivity index (χ0n) is 6.01. The summed E-state index contributed by atoms with van der Waals surface area (Å²) >= 11 is 0. The SMILES string of the molecule is CC1(NN)CC(=O)NC(=O)O1. The molecular formula is C5H9N3O3. The second kappa shape index (κ2) is 2.48. The molecule has 1 aliphatic rings. The molecule has 1 saturated heterocycles. The molecule has 0 radical (unpaired) electrons. The van der Waals surface area contributed by atoms with E-state index in [0.29, 0.717) is 0 Å². The van der Waals surface area contributed by atoms with Gasteiger partial charge in [-0.3, -0.25) is 16.0 Å². The number of carbonyl (C=O) groups excluding carboxylic acids is 2. The van der Waals surface area contributed by atoms with Crippen LogP contribution in [0.5, 0.6) is 0 Å². The van der Waals surface area contributed by atoms with Gasteiger partial charge in [0, 0.05) is 0 Å². The van der Waals surface area contributed by atoms with Gasteiger partial charge in [-0.05, 0) is 6.92 Å². The summed E-state index contributed by atoms with van der Waals surface area (Å²) in [6.45, 7) is 1.52. The fraction of sp³-hybridized carbons (Fsp3) is 0.600. The molecule has 0 bridgehead atoms. The van der Waals surface area contributed by atoms with Crippen molar-refractivity contribution in [3.8, 4) is 0 Å². The highest BCUT2D eigenvalue weighted by molar-refractivity contribution is 5.94. The Morgan fingerprint density at radius 1 is 1.73 bits per heavy atom. The molecule has 0 aliphatic carbocycles. The number of rotatable bonds is 1. The Kier molecular flexibility index (Phi) is 1.79. The third kappa shape index (κ3) is 1.66. The van der Waals surface area contributed by atoms with Crippen LogP contribution in [0.15, 0.2) is 0 Å². The Bertz CT molecular complexity index is 187. The molecule has 2 amide bonds. The molecule has 1 fully saturated rings. The van der Waals surface area contributed by atoms with Crippen molar-refractivity contribution in [1.82, 2.24) is 10.7 Å². The number of carbonyl (C=O) groups is 2. The van der Waals surface area contributed by atoms with Crippen LogP contribution in [0.1, 0.15) is 13.3 Å². The van der Waals surface area contributed by atoms with Gasteiger partial charge in [0.25, 0.3) is 0 Å². The number of hydrogen-bond acceptors (Lipinski definition) is 5. The van der Waals surface area contributed by atoms with Crippen LogP contribution in [0, 0.1) is 0 Å². The summed E-state index contributed by atoms with van der Waals surface area (Å²) < 4.78 is 4.69. The van der Waals surface area contributed by atoms with Gasteiger partial charge in [0.2, 0.25) is 5.91 Å². The average Bonchev–Trinajstić information content (AvgIpc) is 1.84. The van der Waals surface area contributed by atoms with Gasteiger partial charge in [-0.25, -0.2) is 10.2 Å². The highest BCUT2D eigenvalue weighted by atomic mass is 16.6. The third-order valence-corrected chi connectivity index (χ3v) is 1.36. The lowest BCUT2D eigenvalue weighted by atomic mass is 10.1. The average molecular weight is 159 g/mol. The lowest BCUT2D eigenvalue weighted by Gasteiger charge is -2.31. The Morgan fingerprint density at radius 2 is 2.36 bits per heavy atom. The van der Waals surface area contributed by atoms with Gasteiger partial charge in [0.05, 0.1) is 6.42 Å². The molecule has 1 rings (SSSR count). The topological polar surface area (TPSA) is 93.5 Å². The predicted octanol–water partition coefficient (Wildman–Crippen LogP) is -1.18. The van der Waals surface area contributed by atoms with Crippen LogP contribution in [0.4, 0.5) is 4.79 Å². The molecule has 6 heteroatoms. The number of hydrazine groups is 1. The molecule has 1 aliphatic heterocycles. The molecular weight excluding hydrogens is 150 g/mol. The van der Waals surface area contributed by atoms with Crippen LogP contribution < -0.4 is 16.6 Å². The van der Waals surface area contributed by atoms with Gasteiger partial charge in [0.1, 0.15) is 0 Å². The monoisotopic (exact) mass is 159 g/mol. The van der Waals surface area contributed by atoms with E-state index >= 15 is 0 Å². The summed E-state index contributed by atoms with van der Waals surface area (Å²) in [5, 5.41) is 1.97. The van der Waals surface area contributed by atoms with Crippen molar-refractivity contribution in [3.63, 3.8) is 0 Å². The van der Waals surface area contributed by atoms with Gasteiger partial charge < -0.3 is 4.74 Å². The van der Waals surface area contributed by atoms with E-state index in [9.17, 15) is 9.59 Å². The Morgan fingerprint density at radius 3 is 2.82 bits per heavy atom. The first-order valence-corrected chi connectivity index (χ1v) is 3.06. The molecule has 1 atom stereocenters. The van der Waals surface area contributed by atoms with Gasteiger partial charge >= 0.3 is 6.09 Å². The largest absolute Gasteiger partial charge is 0.426 e. The highest BCUT2D eigenvalue weighted by Crippen LogP contribution is 2.14. The van der Waals surface area contributed by atoms with Crippen molar-refractivity contribution in [2.24, 2.45) is 5.84 Å². The maximum Gasteiger partial charge on any atom is 0.415 e. The number of cyclic esters (lactones) is 1. The first-order valence-electron chi connectivity index (χ1n) is 3.06. The molecule has 1 unspecified atom stereocenters. The normalized spacial score (nSPS) is 31.1. The Hall–Kier alpha value is -1.14. The summed E-state index contributed by atoms with van der Waals surface area (Å²) in [5.74, 6) is 4.65. The first-order chi connectivity index (χ1) is 5.06. The minimum atomic E-state index is -1.07. The zero-order chi connectivity index (χ0) is 8.48. The van der Waals surface area contributed by atoms with E-state index in [4.69, 9.17) is 5.84 Å². The highest BCUT2D eigenvalue weighted by Gasteiger charge is 2.35. The molecule has 0 spiro atoms. The van der Waals surface area contributed by atoms with E-state index in [-0.39, 0.29) is 6.42 Å². The number of amides is 2. The second-order valence-corrected chi connectivity index (χ2v) is 2.49. The van der Waals surface area contributed by atoms with Crippen LogP contribution in [0.25, 0.3) is 0 Å². The molecule has 0 aromatic heterocycles. The van der Waals surface area contributed by atoms with Crippen molar-refractivity contribution >= 4 is 12.0 Å². The number of imide groups is 1. The summed E-state index contributed by atoms with van der Waals surface area (Å²) in [5.41, 5.74) is 1.17. The van der Waals surface area contributed by atoms with Crippen LogP contribution in [0.2, 0.25) is 0 Å². The van der Waals surface area contributed by atoms with E-state index < -0.39 is 17.7 Å². The lowest BCUT2D eigenvalue weighted by molar-refractivity contribution is -0.131. The van der Waals surface area contributed by atoms with E-state index in [1.54, 1.807) is 0 Å². The summed E-state index contributed by atoms with van der Waals surface area (Å²) in [7, 11) is 0. The Labute approximate surface area is 63.0 Å². The predicted molar refractivity (Wildman–Crippen MR) is 35.0 cm³/mol. The van der Waals surface area contributed by atoms with E-state index in [2.05, 4.69) is 10.2 Å². The minimum Gasteiger partial charge on any atom is -0.426 e. The van der Waals surface area contributed by atoms with Crippen LogP contribution in [-0.4, -0.2) is 17.7 Å². The fourth-order valence-electron chi connectivity index (χ4n) is 0.811. The summed E-state index contributed by atoms with van der Waals surface area (Å²) in [6, 6.07) is 0. The number of hydrogen-bond donors (Lipinski definition) is 3. The number of ether oxygens (including phenoxy) is 1. The van der Waals surface area contributed by atoms with Gasteiger partial charge in [-0.15, -0.1) is 0 Å². The Balaban J connectivity index is 2.70. The van der Waals surface area contributed by atoms with Crippen molar-refractivity contribution in [3.05, 3.63) is 0 Å². The van der Waals surface area contributed by atoms with Crippen molar-refractivity contribution < 1.29 is 14.3 Å². The number of nitrogens with one attached hydrogen (secondary N) is 2. The smallest absolute Gasteiger partial charge is 0.415 e. The molecule has 0 aromatic rings. The quantitative estimate of drug-likeness (QED) is 0.331. The molecule has 0 saturated carbocycles. The molecule has 62 valence electrons. The molecule has 4 N–H and O–H groups in total. The van der Waals surface area contributed by atoms with Gasteiger partial charge in [-0.1, -0.05) is 0 Å². The van der Waals surface area contributed by atoms with Crippen molar-refractivity contribution in [2.45, 2.75) is 19.1 Å². The molecule has 6 nitrogen and oxygen atoms in total. The van der Waals surface area contributed by atoms with E-state index in [1.807, 2.05) is 5.32 Å². The standard InChI is InChI=1S/C5H9N3O3/c1-5(8-6)2-3(9)7-4(10)11-5/h8H,2,6H2,1H3,(H,7,9,10). The van der Waals surface area contributed by atoms with Crippen LogP contribution in [0.3, 0.4) is 0 Å². The number of nitrogens with two attached hydrogens (primary N) is 1. The number of alkyl carbamates (subject to hydrolysis) is 1. The maximum absolute atomic E-state index is 10.7. The fourth-order valence-corrected chi connectivity index (χ4v) is 0.811. The van der Waals surface area contributed by atoms with Crippen LogP contribution in [-0.2, 0) is 9.53 Å². The van der Waals surface area contributed by atoms with E-state index in [0.717, 1.165) is 0 Å². The minimum absolute atomic E-state index is 0.0231. The van der Waals surface area contributed by atoms with Crippen molar-refractivity contribution in [1.29, 1.82) is 0 Å². The lowest BCUT2D eigenvalue weighted by Crippen LogP contribution is -2.58. The third-order valence-electron chi connectivity index (χ3n) is 1.36. The molecule has 1 heterocycles. The maximum atomic E-state index is 10.7. The molecule has 0 aromatic carbocycles.